The first-order valence-electron chi connectivity index (χ1n) is 13.1. The van der Waals surface area contributed by atoms with Crippen molar-refractivity contribution in [3.63, 3.8) is 0 Å². The Hall–Kier alpha value is -3.53. The molecule has 1 aliphatic carbocycles. The molecule has 0 atom stereocenters. The van der Waals surface area contributed by atoms with Crippen LogP contribution in [0, 0.1) is 6.92 Å². The van der Waals surface area contributed by atoms with Crippen LogP contribution in [0.4, 0.5) is 16.2 Å². The standard InChI is InChI=1S/C28H34N4O5S/c1-20-19-22(27(33)31-15-17-32(18-16-31)28(34)37-23-9-3-4-10-23)12-13-24(20)29-38(35,36)25-11-5-7-21-8-6-14-30(2)26(21)25/h5-8,11-13,19,23,29H,3-4,9-10,14-18H2,1-2H3. The summed E-state index contributed by atoms with van der Waals surface area (Å²) in [5.41, 5.74) is 3.07. The van der Waals surface area contributed by atoms with Gasteiger partial charge in [-0.15, -0.1) is 0 Å². The summed E-state index contributed by atoms with van der Waals surface area (Å²) < 4.78 is 35.0. The van der Waals surface area contributed by atoms with Crippen LogP contribution in [-0.2, 0) is 14.8 Å². The van der Waals surface area contributed by atoms with Crippen molar-refractivity contribution in [2.45, 2.75) is 43.6 Å². The van der Waals surface area contributed by atoms with Crippen molar-refractivity contribution in [3.05, 3.63) is 59.2 Å². The normalized spacial score (nSPS) is 17.9. The number of carbonyl (C=O) groups is 2. The Labute approximate surface area is 224 Å². The Morgan fingerprint density at radius 3 is 2.42 bits per heavy atom. The highest BCUT2D eigenvalue weighted by atomic mass is 32.2. The first-order valence-corrected chi connectivity index (χ1v) is 14.6. The lowest BCUT2D eigenvalue weighted by atomic mass is 10.1. The van der Waals surface area contributed by atoms with Gasteiger partial charge in [0.25, 0.3) is 15.9 Å². The van der Waals surface area contributed by atoms with Gasteiger partial charge in [0.15, 0.2) is 0 Å². The second-order valence-electron chi connectivity index (χ2n) is 10.2. The molecular weight excluding hydrogens is 504 g/mol. The van der Waals surface area contributed by atoms with Gasteiger partial charge in [-0.3, -0.25) is 9.52 Å². The van der Waals surface area contributed by atoms with E-state index in [1.54, 1.807) is 47.1 Å². The molecule has 9 nitrogen and oxygen atoms in total. The molecule has 202 valence electrons. The highest BCUT2D eigenvalue weighted by Gasteiger charge is 2.29. The van der Waals surface area contributed by atoms with Crippen LogP contribution < -0.4 is 9.62 Å². The number of para-hydroxylation sites is 1. The van der Waals surface area contributed by atoms with E-state index < -0.39 is 10.0 Å². The van der Waals surface area contributed by atoms with Crippen molar-refractivity contribution >= 4 is 39.5 Å². The summed E-state index contributed by atoms with van der Waals surface area (Å²) >= 11 is 0. The molecule has 38 heavy (non-hydrogen) atoms. The molecule has 2 aromatic carbocycles. The number of likely N-dealkylation sites (N-methyl/N-ethyl adjacent to an activating group) is 1. The molecule has 3 aliphatic rings. The van der Waals surface area contributed by atoms with E-state index in [4.69, 9.17) is 4.74 Å². The lowest BCUT2D eigenvalue weighted by Crippen LogP contribution is -2.51. The number of carbonyl (C=O) groups excluding carboxylic acids is 2. The molecule has 0 aromatic heterocycles. The molecule has 2 amide bonds. The summed E-state index contributed by atoms with van der Waals surface area (Å²) in [6.45, 7) is 4.12. The van der Waals surface area contributed by atoms with E-state index in [1.807, 2.05) is 30.2 Å². The third-order valence-electron chi connectivity index (χ3n) is 7.49. The fourth-order valence-electron chi connectivity index (χ4n) is 5.34. The van der Waals surface area contributed by atoms with Crippen molar-refractivity contribution in [3.8, 4) is 0 Å². The molecule has 0 bridgehead atoms. The Bertz CT molecular complexity index is 1360. The zero-order valence-electron chi connectivity index (χ0n) is 21.9. The number of rotatable bonds is 5. The van der Waals surface area contributed by atoms with E-state index in [-0.39, 0.29) is 23.0 Å². The Balaban J connectivity index is 1.24. The minimum Gasteiger partial charge on any atom is -0.446 e. The maximum absolute atomic E-state index is 13.4. The fraction of sp³-hybridized carbons (Fsp3) is 0.429. The number of hydrogen-bond acceptors (Lipinski definition) is 6. The van der Waals surface area contributed by atoms with Crippen LogP contribution in [0.3, 0.4) is 0 Å². The summed E-state index contributed by atoms with van der Waals surface area (Å²) in [4.78, 5) is 31.1. The lowest BCUT2D eigenvalue weighted by Gasteiger charge is -2.34. The van der Waals surface area contributed by atoms with Gasteiger partial charge in [0.05, 0.1) is 11.4 Å². The molecular formula is C28H34N4O5S. The molecule has 10 heteroatoms. The molecule has 0 radical (unpaired) electrons. The molecule has 2 fully saturated rings. The van der Waals surface area contributed by atoms with Gasteiger partial charge in [-0.25, -0.2) is 13.2 Å². The van der Waals surface area contributed by atoms with Crippen LogP contribution in [0.1, 0.15) is 47.2 Å². The van der Waals surface area contributed by atoms with Crippen LogP contribution in [-0.4, -0.2) is 76.1 Å². The number of hydrogen-bond donors (Lipinski definition) is 1. The first kappa shape index (κ1) is 26.1. The Morgan fingerprint density at radius 1 is 1.00 bits per heavy atom. The summed E-state index contributed by atoms with van der Waals surface area (Å²) in [7, 11) is -1.99. The Morgan fingerprint density at radius 2 is 1.71 bits per heavy atom. The Kier molecular flexibility index (Phi) is 7.34. The van der Waals surface area contributed by atoms with Crippen molar-refractivity contribution in [1.82, 2.24) is 9.80 Å². The minimum absolute atomic E-state index is 0.0196. The van der Waals surface area contributed by atoms with Gasteiger partial charge in [-0.05, 0) is 68.0 Å². The summed E-state index contributed by atoms with van der Waals surface area (Å²) in [5.74, 6) is -0.142. The van der Waals surface area contributed by atoms with Gasteiger partial charge in [0.2, 0.25) is 0 Å². The SMILES string of the molecule is Cc1cc(C(=O)N2CCN(C(=O)OC3CCCC3)CC2)ccc1NS(=O)(=O)c1cccc2c1N(C)CC=C2. The molecule has 0 spiro atoms. The molecule has 2 heterocycles. The van der Waals surface area contributed by atoms with Crippen LogP contribution in [0.2, 0.25) is 0 Å². The highest BCUT2D eigenvalue weighted by Crippen LogP contribution is 2.33. The molecule has 0 unspecified atom stereocenters. The molecule has 1 saturated heterocycles. The van der Waals surface area contributed by atoms with E-state index in [0.29, 0.717) is 55.2 Å². The number of fused-ring (bicyclic) bond motifs is 1. The molecule has 1 N–H and O–H groups in total. The van der Waals surface area contributed by atoms with Gasteiger partial charge in [0.1, 0.15) is 11.0 Å². The fourth-order valence-corrected chi connectivity index (χ4v) is 6.75. The average molecular weight is 539 g/mol. The first-order chi connectivity index (χ1) is 18.2. The highest BCUT2D eigenvalue weighted by molar-refractivity contribution is 7.92. The van der Waals surface area contributed by atoms with Crippen LogP contribution in [0.5, 0.6) is 0 Å². The van der Waals surface area contributed by atoms with Gasteiger partial charge in [-0.1, -0.05) is 24.3 Å². The van der Waals surface area contributed by atoms with Crippen LogP contribution in [0.25, 0.3) is 6.08 Å². The second-order valence-corrected chi connectivity index (χ2v) is 11.8. The number of nitrogens with one attached hydrogen (secondary N) is 1. The predicted molar refractivity (Wildman–Crippen MR) is 147 cm³/mol. The van der Waals surface area contributed by atoms with E-state index in [9.17, 15) is 18.0 Å². The zero-order valence-corrected chi connectivity index (χ0v) is 22.7. The number of ether oxygens (including phenoxy) is 1. The predicted octanol–water partition coefficient (Wildman–Crippen LogP) is 4.10. The van der Waals surface area contributed by atoms with Crippen molar-refractivity contribution in [1.29, 1.82) is 0 Å². The minimum atomic E-state index is -3.86. The number of nitrogens with zero attached hydrogens (tertiary/aromatic N) is 3. The zero-order chi connectivity index (χ0) is 26.9. The molecule has 5 rings (SSSR count). The van der Waals surface area contributed by atoms with E-state index in [2.05, 4.69) is 4.72 Å². The van der Waals surface area contributed by atoms with Gasteiger partial charge < -0.3 is 19.4 Å². The van der Waals surface area contributed by atoms with E-state index >= 15 is 0 Å². The lowest BCUT2D eigenvalue weighted by molar-refractivity contribution is 0.0422. The maximum atomic E-state index is 13.4. The number of aryl methyl sites for hydroxylation is 1. The van der Waals surface area contributed by atoms with Crippen molar-refractivity contribution in [2.75, 3.05) is 49.4 Å². The smallest absolute Gasteiger partial charge is 0.410 e. The van der Waals surface area contributed by atoms with E-state index in [0.717, 1.165) is 31.2 Å². The number of sulfonamides is 1. The summed E-state index contributed by atoms with van der Waals surface area (Å²) in [6.07, 6.45) is 7.71. The van der Waals surface area contributed by atoms with E-state index in [1.165, 1.54) is 0 Å². The average Bonchev–Trinajstić information content (AvgIpc) is 3.42. The number of benzene rings is 2. The van der Waals surface area contributed by atoms with Crippen LogP contribution >= 0.6 is 0 Å². The third-order valence-corrected chi connectivity index (χ3v) is 8.89. The number of amides is 2. The quantitative estimate of drug-likeness (QED) is 0.616. The molecule has 2 aromatic rings. The van der Waals surface area contributed by atoms with Gasteiger partial charge in [-0.2, -0.15) is 0 Å². The second kappa shape index (κ2) is 10.7. The van der Waals surface area contributed by atoms with Crippen LogP contribution in [0.15, 0.2) is 47.4 Å². The number of piperazine rings is 1. The summed E-state index contributed by atoms with van der Waals surface area (Å²) in [5, 5.41) is 0. The molecule has 2 aliphatic heterocycles. The third kappa shape index (κ3) is 5.36. The monoisotopic (exact) mass is 538 g/mol. The maximum Gasteiger partial charge on any atom is 0.410 e. The summed E-state index contributed by atoms with van der Waals surface area (Å²) in [6, 6.07) is 10.2. The number of anilines is 2. The van der Waals surface area contributed by atoms with Crippen molar-refractivity contribution in [2.24, 2.45) is 0 Å². The largest absolute Gasteiger partial charge is 0.446 e. The topological polar surface area (TPSA) is 99.3 Å². The van der Waals surface area contributed by atoms with Gasteiger partial charge >= 0.3 is 6.09 Å². The van der Waals surface area contributed by atoms with Gasteiger partial charge in [0, 0.05) is 45.3 Å². The van der Waals surface area contributed by atoms with Crippen molar-refractivity contribution < 1.29 is 22.7 Å². The molecule has 1 saturated carbocycles.